The fraction of sp³-hybridized carbons (Fsp3) is 0.375. The average Bonchev–Trinajstić information content (AvgIpc) is 2.58. The Balaban J connectivity index is 2.34. The van der Waals surface area contributed by atoms with Crippen LogP contribution >= 0.6 is 0 Å². The number of aromatic amines is 1. The molecule has 1 aliphatic rings. The van der Waals surface area contributed by atoms with E-state index in [0.29, 0.717) is 18.7 Å². The molecule has 5 nitrogen and oxygen atoms in total. The lowest BCUT2D eigenvalue weighted by Gasteiger charge is -2.12. The van der Waals surface area contributed by atoms with Crippen molar-refractivity contribution in [3.63, 3.8) is 0 Å². The Morgan fingerprint density at radius 2 is 2.23 bits per heavy atom. The lowest BCUT2D eigenvalue weighted by molar-refractivity contribution is -0.117. The van der Waals surface area contributed by atoms with E-state index in [1.54, 1.807) is 0 Å². The van der Waals surface area contributed by atoms with E-state index in [9.17, 15) is 9.90 Å². The zero-order valence-corrected chi connectivity index (χ0v) is 6.95. The molecule has 1 amide bonds. The van der Waals surface area contributed by atoms with Crippen LogP contribution in [-0.4, -0.2) is 27.6 Å². The lowest BCUT2D eigenvalue weighted by atomic mass is 10.4. The van der Waals surface area contributed by atoms with Gasteiger partial charge in [-0.2, -0.15) is 0 Å². The third kappa shape index (κ3) is 1.22. The molecule has 0 atom stereocenters. The highest BCUT2D eigenvalue weighted by Crippen LogP contribution is 2.33. The number of H-pyrrole nitrogens is 1. The summed E-state index contributed by atoms with van der Waals surface area (Å²) >= 11 is 0. The summed E-state index contributed by atoms with van der Waals surface area (Å²) in [5.74, 6) is -0.311. The van der Waals surface area contributed by atoms with Crippen molar-refractivity contribution in [2.45, 2.75) is 12.8 Å². The van der Waals surface area contributed by atoms with Crippen molar-refractivity contribution in [3.8, 4) is 11.8 Å². The topological polar surface area (TPSA) is 76.6 Å². The number of aromatic nitrogens is 1. The van der Waals surface area contributed by atoms with Crippen molar-refractivity contribution in [2.75, 3.05) is 11.4 Å². The molecular formula is C8H10N2O3. The highest BCUT2D eigenvalue weighted by atomic mass is 16.3. The standard InChI is InChI=1S/C8H10N2O3/c11-6-4-5(8(13)9-6)10-3-1-2-7(10)12/h4,9,11,13H,1-3H2. The maximum atomic E-state index is 11.3. The van der Waals surface area contributed by atoms with Crippen LogP contribution < -0.4 is 4.90 Å². The Morgan fingerprint density at radius 3 is 2.69 bits per heavy atom. The summed E-state index contributed by atoms with van der Waals surface area (Å²) in [7, 11) is 0. The predicted molar refractivity (Wildman–Crippen MR) is 45.7 cm³/mol. The van der Waals surface area contributed by atoms with Crippen molar-refractivity contribution in [1.29, 1.82) is 0 Å². The monoisotopic (exact) mass is 182 g/mol. The van der Waals surface area contributed by atoms with Gasteiger partial charge in [0, 0.05) is 19.0 Å². The van der Waals surface area contributed by atoms with Crippen LogP contribution in [0.4, 0.5) is 5.69 Å². The van der Waals surface area contributed by atoms with E-state index in [0.717, 1.165) is 6.42 Å². The zero-order valence-electron chi connectivity index (χ0n) is 6.95. The Kier molecular flexibility index (Phi) is 1.65. The summed E-state index contributed by atoms with van der Waals surface area (Å²) in [6, 6.07) is 1.35. The summed E-state index contributed by atoms with van der Waals surface area (Å²) in [6.45, 7) is 0.601. The highest BCUT2D eigenvalue weighted by molar-refractivity contribution is 5.96. The van der Waals surface area contributed by atoms with E-state index in [1.165, 1.54) is 11.0 Å². The molecular weight excluding hydrogens is 172 g/mol. The maximum absolute atomic E-state index is 11.3. The van der Waals surface area contributed by atoms with Gasteiger partial charge in [0.1, 0.15) is 5.69 Å². The Hall–Kier alpha value is -1.65. The molecule has 0 radical (unpaired) electrons. The molecule has 0 saturated carbocycles. The number of carbonyl (C=O) groups is 1. The first kappa shape index (κ1) is 7.97. The number of anilines is 1. The second-order valence-electron chi connectivity index (χ2n) is 3.04. The second kappa shape index (κ2) is 2.69. The van der Waals surface area contributed by atoms with E-state index in [-0.39, 0.29) is 17.7 Å². The predicted octanol–water partition coefficient (Wildman–Crippen LogP) is 0.553. The minimum Gasteiger partial charge on any atom is -0.494 e. The van der Waals surface area contributed by atoms with Crippen molar-refractivity contribution in [3.05, 3.63) is 6.07 Å². The highest BCUT2D eigenvalue weighted by Gasteiger charge is 2.25. The third-order valence-corrected chi connectivity index (χ3v) is 2.13. The van der Waals surface area contributed by atoms with Gasteiger partial charge >= 0.3 is 0 Å². The third-order valence-electron chi connectivity index (χ3n) is 2.13. The molecule has 1 aromatic rings. The normalized spacial score (nSPS) is 16.9. The van der Waals surface area contributed by atoms with Crippen LogP contribution in [0.25, 0.3) is 0 Å². The van der Waals surface area contributed by atoms with Crippen molar-refractivity contribution >= 4 is 11.6 Å². The molecule has 2 rings (SSSR count). The van der Waals surface area contributed by atoms with E-state index in [2.05, 4.69) is 4.98 Å². The molecule has 2 heterocycles. The molecule has 0 bridgehead atoms. The Morgan fingerprint density at radius 1 is 1.46 bits per heavy atom. The van der Waals surface area contributed by atoms with Gasteiger partial charge in [0.05, 0.1) is 0 Å². The fourth-order valence-corrected chi connectivity index (χ4v) is 1.53. The summed E-state index contributed by atoms with van der Waals surface area (Å²) in [5, 5.41) is 18.3. The molecule has 1 aromatic heterocycles. The van der Waals surface area contributed by atoms with Gasteiger partial charge in [-0.15, -0.1) is 0 Å². The SMILES string of the molecule is O=C1CCCN1c1cc(O)[nH]c1O. The molecule has 0 unspecified atom stereocenters. The number of nitrogens with one attached hydrogen (secondary N) is 1. The molecule has 0 aromatic carbocycles. The number of amides is 1. The number of rotatable bonds is 1. The number of carbonyl (C=O) groups excluding carboxylic acids is 1. The van der Waals surface area contributed by atoms with Crippen LogP contribution in [0.15, 0.2) is 6.07 Å². The number of hydrogen-bond acceptors (Lipinski definition) is 3. The van der Waals surface area contributed by atoms with Gasteiger partial charge < -0.3 is 15.1 Å². The molecule has 1 saturated heterocycles. The molecule has 0 aliphatic carbocycles. The lowest BCUT2D eigenvalue weighted by Crippen LogP contribution is -2.23. The molecule has 1 aliphatic heterocycles. The van der Waals surface area contributed by atoms with Crippen molar-refractivity contribution in [1.82, 2.24) is 4.98 Å². The summed E-state index contributed by atoms with van der Waals surface area (Å²) in [6.07, 6.45) is 1.30. The minimum absolute atomic E-state index is 0.0192. The summed E-state index contributed by atoms with van der Waals surface area (Å²) in [4.78, 5) is 15.0. The van der Waals surface area contributed by atoms with E-state index >= 15 is 0 Å². The fourth-order valence-electron chi connectivity index (χ4n) is 1.53. The van der Waals surface area contributed by atoms with E-state index in [1.807, 2.05) is 0 Å². The van der Waals surface area contributed by atoms with E-state index < -0.39 is 0 Å². The minimum atomic E-state index is -0.159. The van der Waals surface area contributed by atoms with Crippen LogP contribution in [-0.2, 0) is 4.79 Å². The molecule has 13 heavy (non-hydrogen) atoms. The van der Waals surface area contributed by atoms with Gasteiger partial charge in [0.15, 0.2) is 5.88 Å². The number of hydrogen-bond donors (Lipinski definition) is 3. The van der Waals surface area contributed by atoms with Gasteiger partial charge in [-0.1, -0.05) is 0 Å². The second-order valence-corrected chi connectivity index (χ2v) is 3.04. The van der Waals surface area contributed by atoms with Gasteiger partial charge in [0.2, 0.25) is 11.8 Å². The maximum Gasteiger partial charge on any atom is 0.227 e. The average molecular weight is 182 g/mol. The van der Waals surface area contributed by atoms with Gasteiger partial charge in [-0.05, 0) is 6.42 Å². The first-order chi connectivity index (χ1) is 6.18. The quantitative estimate of drug-likeness (QED) is 0.593. The van der Waals surface area contributed by atoms with Gasteiger partial charge in [-0.3, -0.25) is 9.78 Å². The first-order valence-electron chi connectivity index (χ1n) is 4.10. The van der Waals surface area contributed by atoms with Crippen LogP contribution in [0.1, 0.15) is 12.8 Å². The van der Waals surface area contributed by atoms with Crippen LogP contribution in [0.5, 0.6) is 11.8 Å². The van der Waals surface area contributed by atoms with E-state index in [4.69, 9.17) is 5.11 Å². The molecule has 0 spiro atoms. The summed E-state index contributed by atoms with van der Waals surface area (Å²) < 4.78 is 0. The molecule has 3 N–H and O–H groups in total. The Labute approximate surface area is 74.6 Å². The number of nitrogens with zero attached hydrogens (tertiary/aromatic N) is 1. The van der Waals surface area contributed by atoms with Gasteiger partial charge in [-0.25, -0.2) is 0 Å². The molecule has 70 valence electrons. The number of aromatic hydroxyl groups is 2. The Bertz CT molecular complexity index is 345. The summed E-state index contributed by atoms with van der Waals surface area (Å²) in [5.41, 5.74) is 0.361. The van der Waals surface area contributed by atoms with Crippen molar-refractivity contribution in [2.24, 2.45) is 0 Å². The zero-order chi connectivity index (χ0) is 9.42. The first-order valence-corrected chi connectivity index (χ1v) is 4.10. The van der Waals surface area contributed by atoms with Gasteiger partial charge in [0.25, 0.3) is 0 Å². The van der Waals surface area contributed by atoms with Crippen LogP contribution in [0.3, 0.4) is 0 Å². The molecule has 1 fully saturated rings. The van der Waals surface area contributed by atoms with Crippen LogP contribution in [0.2, 0.25) is 0 Å². The molecule has 5 heteroatoms. The largest absolute Gasteiger partial charge is 0.494 e. The smallest absolute Gasteiger partial charge is 0.227 e. The van der Waals surface area contributed by atoms with Crippen molar-refractivity contribution < 1.29 is 15.0 Å². The van der Waals surface area contributed by atoms with Crippen LogP contribution in [0, 0.1) is 0 Å².